The highest BCUT2D eigenvalue weighted by molar-refractivity contribution is 6.09. The number of aromatic amines is 1. The fraction of sp³-hybridized carbons (Fsp3) is 0.500. The summed E-state index contributed by atoms with van der Waals surface area (Å²) in [5.74, 6) is 0.916. The molecular formula is C28H32N6O3. The minimum atomic E-state index is -0.460. The summed E-state index contributed by atoms with van der Waals surface area (Å²) >= 11 is 0. The number of rotatable bonds is 7. The lowest BCUT2D eigenvalue weighted by molar-refractivity contribution is -0.139. The number of H-pyrrole nitrogens is 1. The van der Waals surface area contributed by atoms with Crippen molar-refractivity contribution in [1.29, 1.82) is 0 Å². The van der Waals surface area contributed by atoms with Crippen LogP contribution < -0.4 is 5.32 Å². The Kier molecular flexibility index (Phi) is 5.43. The molecule has 0 spiro atoms. The highest BCUT2D eigenvalue weighted by atomic mass is 16.2. The molecule has 6 rings (SSSR count). The van der Waals surface area contributed by atoms with E-state index in [1.165, 1.54) is 6.92 Å². The van der Waals surface area contributed by atoms with Gasteiger partial charge in [-0.3, -0.25) is 19.5 Å². The lowest BCUT2D eigenvalue weighted by Gasteiger charge is -2.27. The van der Waals surface area contributed by atoms with E-state index in [0.29, 0.717) is 46.9 Å². The van der Waals surface area contributed by atoms with Gasteiger partial charge in [0.15, 0.2) is 5.78 Å². The number of benzene rings is 1. The first kappa shape index (κ1) is 23.8. The number of carbonyl (C=O) groups is 3. The summed E-state index contributed by atoms with van der Waals surface area (Å²) < 4.78 is 0. The third-order valence-electron chi connectivity index (χ3n) is 8.39. The lowest BCUT2D eigenvalue weighted by atomic mass is 9.91. The first-order valence-corrected chi connectivity index (χ1v) is 13.1. The Balaban J connectivity index is 1.40. The highest BCUT2D eigenvalue weighted by Crippen LogP contribution is 2.59. The van der Waals surface area contributed by atoms with Gasteiger partial charge >= 0.3 is 0 Å². The molecule has 0 unspecified atom stereocenters. The van der Waals surface area contributed by atoms with Crippen molar-refractivity contribution in [3.05, 3.63) is 41.1 Å². The Bertz CT molecular complexity index is 1440. The Morgan fingerprint density at radius 3 is 2.57 bits per heavy atom. The molecule has 2 aliphatic carbocycles. The molecule has 2 amide bonds. The first-order chi connectivity index (χ1) is 17.7. The maximum Gasteiger partial charge on any atom is 0.242 e. The first-order valence-electron chi connectivity index (χ1n) is 13.1. The monoisotopic (exact) mass is 500 g/mol. The third-order valence-corrected chi connectivity index (χ3v) is 8.39. The van der Waals surface area contributed by atoms with Gasteiger partial charge in [0.1, 0.15) is 17.6 Å². The van der Waals surface area contributed by atoms with Gasteiger partial charge in [0, 0.05) is 42.9 Å². The van der Waals surface area contributed by atoms with Gasteiger partial charge < -0.3 is 10.2 Å². The molecule has 1 aromatic carbocycles. The van der Waals surface area contributed by atoms with E-state index in [1.807, 2.05) is 24.8 Å². The van der Waals surface area contributed by atoms with Crippen LogP contribution in [0.15, 0.2) is 18.5 Å². The molecule has 2 N–H and O–H groups in total. The second kappa shape index (κ2) is 8.46. The molecule has 0 bridgehead atoms. The fourth-order valence-corrected chi connectivity index (χ4v) is 5.94. The summed E-state index contributed by atoms with van der Waals surface area (Å²) in [6.07, 6.45) is 7.46. The van der Waals surface area contributed by atoms with Crippen LogP contribution in [0.2, 0.25) is 0 Å². The number of hydrogen-bond acceptors (Lipinski definition) is 6. The molecule has 192 valence electrons. The summed E-state index contributed by atoms with van der Waals surface area (Å²) in [6, 6.07) is 1.59. The smallest absolute Gasteiger partial charge is 0.242 e. The lowest BCUT2D eigenvalue weighted by Crippen LogP contribution is -2.48. The minimum Gasteiger partial charge on any atom is -0.354 e. The Morgan fingerprint density at radius 1 is 1.16 bits per heavy atom. The summed E-state index contributed by atoms with van der Waals surface area (Å²) in [7, 11) is 0. The van der Waals surface area contributed by atoms with Crippen molar-refractivity contribution in [3.8, 4) is 11.1 Å². The van der Waals surface area contributed by atoms with E-state index in [9.17, 15) is 14.4 Å². The second-order valence-electron chi connectivity index (χ2n) is 11.4. The number of hydrogen-bond donors (Lipinski definition) is 2. The number of ketones is 1. The van der Waals surface area contributed by atoms with Crippen molar-refractivity contribution >= 4 is 28.5 Å². The van der Waals surface area contributed by atoms with Gasteiger partial charge in [-0.2, -0.15) is 5.10 Å². The van der Waals surface area contributed by atoms with Crippen LogP contribution >= 0.6 is 0 Å². The predicted molar refractivity (Wildman–Crippen MR) is 138 cm³/mol. The van der Waals surface area contributed by atoms with Crippen molar-refractivity contribution in [1.82, 2.24) is 30.4 Å². The molecule has 3 atom stereocenters. The average molecular weight is 501 g/mol. The summed E-state index contributed by atoms with van der Waals surface area (Å²) in [6.45, 7) is 8.10. The molecule has 1 saturated heterocycles. The molecular weight excluding hydrogens is 468 g/mol. The largest absolute Gasteiger partial charge is 0.354 e. The zero-order valence-electron chi connectivity index (χ0n) is 21.7. The molecule has 3 aromatic rings. The zero-order valence-corrected chi connectivity index (χ0v) is 21.7. The fourth-order valence-electron chi connectivity index (χ4n) is 5.94. The van der Waals surface area contributed by atoms with E-state index < -0.39 is 6.04 Å². The maximum absolute atomic E-state index is 14.0. The van der Waals surface area contributed by atoms with Gasteiger partial charge in [0.05, 0.1) is 11.9 Å². The molecule has 0 radical (unpaired) electrons. The Labute approximate surface area is 215 Å². The second-order valence-corrected chi connectivity index (χ2v) is 11.4. The topological polar surface area (TPSA) is 121 Å². The van der Waals surface area contributed by atoms with Gasteiger partial charge in [0.25, 0.3) is 0 Å². The molecule has 3 fully saturated rings. The molecule has 2 aromatic heterocycles. The molecule has 37 heavy (non-hydrogen) atoms. The quantitative estimate of drug-likeness (QED) is 0.480. The van der Waals surface area contributed by atoms with Crippen molar-refractivity contribution in [2.45, 2.75) is 71.9 Å². The number of nitrogens with zero attached hydrogens (tertiary/aromatic N) is 4. The van der Waals surface area contributed by atoms with Gasteiger partial charge in [-0.25, -0.2) is 9.97 Å². The number of amides is 2. The minimum absolute atomic E-state index is 0.00629. The van der Waals surface area contributed by atoms with Crippen molar-refractivity contribution in [3.63, 3.8) is 0 Å². The van der Waals surface area contributed by atoms with Crippen LogP contribution in [0.3, 0.4) is 0 Å². The van der Waals surface area contributed by atoms with E-state index in [2.05, 4.69) is 32.4 Å². The van der Waals surface area contributed by atoms with Crippen LogP contribution in [0.1, 0.15) is 67.0 Å². The predicted octanol–water partition coefficient (Wildman–Crippen LogP) is 3.29. The Morgan fingerprint density at radius 2 is 1.89 bits per heavy atom. The van der Waals surface area contributed by atoms with Crippen LogP contribution in [-0.2, 0) is 16.0 Å². The van der Waals surface area contributed by atoms with E-state index in [0.717, 1.165) is 36.0 Å². The van der Waals surface area contributed by atoms with Crippen LogP contribution in [-0.4, -0.2) is 61.3 Å². The molecule has 3 heterocycles. The number of likely N-dealkylation sites (tertiary alicyclic amines) is 1. The van der Waals surface area contributed by atoms with Gasteiger partial charge in [-0.15, -0.1) is 0 Å². The van der Waals surface area contributed by atoms with Crippen LogP contribution in [0.5, 0.6) is 0 Å². The van der Waals surface area contributed by atoms with Crippen LogP contribution in [0.4, 0.5) is 0 Å². The van der Waals surface area contributed by atoms with Crippen molar-refractivity contribution < 1.29 is 14.4 Å². The summed E-state index contributed by atoms with van der Waals surface area (Å²) in [4.78, 5) is 50.3. The normalized spacial score (nSPS) is 24.3. The molecule has 3 aliphatic rings. The van der Waals surface area contributed by atoms with Crippen molar-refractivity contribution in [2.24, 2.45) is 11.3 Å². The van der Waals surface area contributed by atoms with E-state index in [-0.39, 0.29) is 35.5 Å². The van der Waals surface area contributed by atoms with Gasteiger partial charge in [-0.1, -0.05) is 6.92 Å². The van der Waals surface area contributed by atoms with Gasteiger partial charge in [0.2, 0.25) is 11.8 Å². The highest BCUT2D eigenvalue weighted by Gasteiger charge is 2.64. The maximum atomic E-state index is 14.0. The van der Waals surface area contributed by atoms with E-state index in [4.69, 9.17) is 0 Å². The van der Waals surface area contributed by atoms with Crippen molar-refractivity contribution in [2.75, 3.05) is 6.54 Å². The Hall–Kier alpha value is -3.62. The molecule has 2 saturated carbocycles. The number of carbonyl (C=O) groups excluding carboxylic acids is 3. The number of Topliss-reactive ketones (excluding diaryl/α,β-unsaturated/α-hetero) is 1. The SMILES string of the molecule is CC(=O)c1[nH]nc2c(C)cc(-c3cnc(C)nc3)c(CC(=O)N3[C@H](C(=O)NCC4CC4)C[C@@]4(C)C[C@@H]34)c12. The van der Waals surface area contributed by atoms with Gasteiger partial charge in [-0.05, 0) is 73.6 Å². The number of aromatic nitrogens is 4. The number of fused-ring (bicyclic) bond motifs is 2. The molecule has 9 heteroatoms. The van der Waals surface area contributed by atoms with Crippen LogP contribution in [0, 0.1) is 25.2 Å². The molecule has 9 nitrogen and oxygen atoms in total. The van der Waals surface area contributed by atoms with E-state index in [1.54, 1.807) is 12.4 Å². The summed E-state index contributed by atoms with van der Waals surface area (Å²) in [5.41, 5.74) is 4.21. The molecule has 1 aliphatic heterocycles. The zero-order chi connectivity index (χ0) is 26.1. The number of piperidine rings is 1. The standard InChI is InChI=1S/C28H32N6O3/c1-14-7-19(18-12-29-16(3)30-13-18)20(24-25(14)32-33-26(24)15(2)35)8-23(36)34-21(9-28(4)10-22(28)34)27(37)31-11-17-5-6-17/h7,12-13,17,21-22H,5-6,8-11H2,1-4H3,(H,31,37)(H,32,33)/t21-,22+,28-/m0/s1. The third kappa shape index (κ3) is 4.10. The number of aryl methyl sites for hydroxylation is 2. The average Bonchev–Trinajstić information content (AvgIpc) is 3.72. The number of nitrogens with one attached hydrogen (secondary N) is 2. The van der Waals surface area contributed by atoms with E-state index >= 15 is 0 Å². The summed E-state index contributed by atoms with van der Waals surface area (Å²) in [5, 5.41) is 11.0. The van der Waals surface area contributed by atoms with Crippen LogP contribution in [0.25, 0.3) is 22.0 Å².